The van der Waals surface area contributed by atoms with E-state index >= 15 is 0 Å². The summed E-state index contributed by atoms with van der Waals surface area (Å²) in [6.45, 7) is 1.28. The number of unbranched alkanes of at least 4 members (excludes halogenated alkanes) is 1. The van der Waals surface area contributed by atoms with Gasteiger partial charge in [0.05, 0.1) is 11.1 Å². The Hall–Kier alpha value is -1.33. The van der Waals surface area contributed by atoms with Crippen molar-refractivity contribution in [3.63, 3.8) is 0 Å². The summed E-state index contributed by atoms with van der Waals surface area (Å²) in [7, 11) is 1.67. The van der Waals surface area contributed by atoms with E-state index < -0.39 is 5.97 Å². The molecule has 0 radical (unpaired) electrons. The SMILES string of the molecule is COCCCCOc1c(Br)cccc1/C=C/C(=O)O. The molecule has 0 aliphatic heterocycles. The number of halogens is 1. The van der Waals surface area contributed by atoms with Crippen molar-refractivity contribution in [3.8, 4) is 5.75 Å². The molecule has 0 amide bonds. The number of methoxy groups -OCH3 is 1. The number of rotatable bonds is 8. The summed E-state index contributed by atoms with van der Waals surface area (Å²) in [5.74, 6) is -0.316. The topological polar surface area (TPSA) is 55.8 Å². The van der Waals surface area contributed by atoms with Gasteiger partial charge >= 0.3 is 5.97 Å². The van der Waals surface area contributed by atoms with Crippen LogP contribution in [0.5, 0.6) is 5.75 Å². The maximum Gasteiger partial charge on any atom is 0.328 e. The average Bonchev–Trinajstić information content (AvgIpc) is 2.38. The molecule has 0 saturated heterocycles. The van der Waals surface area contributed by atoms with Gasteiger partial charge < -0.3 is 14.6 Å². The molecule has 0 aliphatic rings. The maximum absolute atomic E-state index is 10.5. The third kappa shape index (κ3) is 5.89. The molecule has 1 aromatic carbocycles. The monoisotopic (exact) mass is 328 g/mol. The van der Waals surface area contributed by atoms with Gasteiger partial charge in [-0.2, -0.15) is 0 Å². The molecular formula is C14H17BrO4. The number of ether oxygens (including phenoxy) is 2. The molecule has 1 rings (SSSR count). The minimum Gasteiger partial charge on any atom is -0.492 e. The number of carboxylic acid groups (broad SMARTS) is 1. The highest BCUT2D eigenvalue weighted by atomic mass is 79.9. The minimum absolute atomic E-state index is 0.569. The summed E-state index contributed by atoms with van der Waals surface area (Å²) in [6, 6.07) is 5.51. The van der Waals surface area contributed by atoms with Crippen molar-refractivity contribution in [2.24, 2.45) is 0 Å². The maximum atomic E-state index is 10.5. The molecule has 104 valence electrons. The summed E-state index contributed by atoms with van der Waals surface area (Å²) in [5.41, 5.74) is 0.739. The fourth-order valence-corrected chi connectivity index (χ4v) is 1.99. The van der Waals surface area contributed by atoms with Crippen LogP contribution in [0.15, 0.2) is 28.7 Å². The molecule has 0 bridgehead atoms. The van der Waals surface area contributed by atoms with Crippen LogP contribution in [0.1, 0.15) is 18.4 Å². The molecule has 0 spiro atoms. The zero-order chi connectivity index (χ0) is 14.1. The van der Waals surface area contributed by atoms with Crippen molar-refractivity contribution in [2.45, 2.75) is 12.8 Å². The third-order valence-corrected chi connectivity index (χ3v) is 3.02. The first-order chi connectivity index (χ1) is 9.15. The van der Waals surface area contributed by atoms with E-state index in [0.717, 1.165) is 29.0 Å². The Kier molecular flexibility index (Phi) is 7.22. The van der Waals surface area contributed by atoms with Crippen molar-refractivity contribution < 1.29 is 19.4 Å². The van der Waals surface area contributed by atoms with Gasteiger partial charge in [0.1, 0.15) is 5.75 Å². The highest BCUT2D eigenvalue weighted by Crippen LogP contribution is 2.30. The Morgan fingerprint density at radius 3 is 2.79 bits per heavy atom. The molecule has 0 aromatic heterocycles. The Morgan fingerprint density at radius 2 is 2.11 bits per heavy atom. The standard InChI is InChI=1S/C14H17BrO4/c1-18-9-2-3-10-19-14-11(7-8-13(16)17)5-4-6-12(14)15/h4-8H,2-3,9-10H2,1H3,(H,16,17)/b8-7+. The Balaban J connectivity index is 2.66. The van der Waals surface area contributed by atoms with Crippen LogP contribution >= 0.6 is 15.9 Å². The fraction of sp³-hybridized carbons (Fsp3) is 0.357. The second kappa shape index (κ2) is 8.72. The van der Waals surface area contributed by atoms with E-state index in [1.165, 1.54) is 6.08 Å². The lowest BCUT2D eigenvalue weighted by molar-refractivity contribution is -0.131. The van der Waals surface area contributed by atoms with E-state index in [4.69, 9.17) is 14.6 Å². The van der Waals surface area contributed by atoms with Gasteiger partial charge in [0, 0.05) is 25.4 Å². The van der Waals surface area contributed by atoms with Crippen molar-refractivity contribution in [1.29, 1.82) is 0 Å². The molecule has 0 atom stereocenters. The lowest BCUT2D eigenvalue weighted by Crippen LogP contribution is -2.01. The van der Waals surface area contributed by atoms with Crippen LogP contribution in [0, 0.1) is 0 Å². The van der Waals surface area contributed by atoms with Gasteiger partial charge in [0.2, 0.25) is 0 Å². The number of hydrogen-bond donors (Lipinski definition) is 1. The average molecular weight is 329 g/mol. The zero-order valence-corrected chi connectivity index (χ0v) is 12.4. The zero-order valence-electron chi connectivity index (χ0n) is 10.8. The van der Waals surface area contributed by atoms with E-state index in [1.807, 2.05) is 18.2 Å². The minimum atomic E-state index is -0.981. The van der Waals surface area contributed by atoms with Crippen LogP contribution < -0.4 is 4.74 Å². The second-order valence-corrected chi connectivity index (χ2v) is 4.73. The van der Waals surface area contributed by atoms with Crippen LogP contribution in [0.25, 0.3) is 6.08 Å². The van der Waals surface area contributed by atoms with Gasteiger partial charge in [0.25, 0.3) is 0 Å². The number of hydrogen-bond acceptors (Lipinski definition) is 3. The lowest BCUT2D eigenvalue weighted by Gasteiger charge is -2.11. The molecule has 0 saturated carbocycles. The summed E-state index contributed by atoms with van der Waals surface area (Å²) in [5, 5.41) is 8.65. The number of carboxylic acids is 1. The number of para-hydroxylation sites is 1. The predicted octanol–water partition coefficient (Wildman–Crippen LogP) is 3.35. The molecule has 5 heteroatoms. The fourth-order valence-electron chi connectivity index (χ4n) is 1.49. The van der Waals surface area contributed by atoms with E-state index in [9.17, 15) is 4.79 Å². The predicted molar refractivity (Wildman–Crippen MR) is 77.4 cm³/mol. The molecule has 1 N–H and O–H groups in total. The second-order valence-electron chi connectivity index (χ2n) is 3.88. The number of aliphatic carboxylic acids is 1. The molecular weight excluding hydrogens is 312 g/mol. The van der Waals surface area contributed by atoms with Gasteiger partial charge in [0.15, 0.2) is 0 Å². The third-order valence-electron chi connectivity index (χ3n) is 2.39. The highest BCUT2D eigenvalue weighted by molar-refractivity contribution is 9.10. The van der Waals surface area contributed by atoms with Gasteiger partial charge in [-0.05, 0) is 40.9 Å². The first-order valence-corrected chi connectivity index (χ1v) is 6.75. The lowest BCUT2D eigenvalue weighted by atomic mass is 10.2. The van der Waals surface area contributed by atoms with Crippen LogP contribution in [0.3, 0.4) is 0 Å². The number of benzene rings is 1. The summed E-state index contributed by atoms with van der Waals surface area (Å²) < 4.78 is 11.5. The van der Waals surface area contributed by atoms with E-state index in [0.29, 0.717) is 19.0 Å². The van der Waals surface area contributed by atoms with Gasteiger partial charge in [-0.3, -0.25) is 0 Å². The summed E-state index contributed by atoms with van der Waals surface area (Å²) >= 11 is 3.41. The molecule has 0 heterocycles. The van der Waals surface area contributed by atoms with Crippen molar-refractivity contribution in [1.82, 2.24) is 0 Å². The van der Waals surface area contributed by atoms with Gasteiger partial charge in [-0.15, -0.1) is 0 Å². The quantitative estimate of drug-likeness (QED) is 0.587. The van der Waals surface area contributed by atoms with Gasteiger partial charge in [-0.1, -0.05) is 12.1 Å². The largest absolute Gasteiger partial charge is 0.492 e. The van der Waals surface area contributed by atoms with Crippen LogP contribution in [0.4, 0.5) is 0 Å². The van der Waals surface area contributed by atoms with Crippen LogP contribution in [-0.4, -0.2) is 31.4 Å². The highest BCUT2D eigenvalue weighted by Gasteiger charge is 2.06. The smallest absolute Gasteiger partial charge is 0.328 e. The molecule has 0 aliphatic carbocycles. The number of carbonyl (C=O) groups is 1. The van der Waals surface area contributed by atoms with Crippen molar-refractivity contribution in [2.75, 3.05) is 20.3 Å². The molecule has 1 aromatic rings. The Bertz CT molecular complexity index is 443. The van der Waals surface area contributed by atoms with Crippen LogP contribution in [0.2, 0.25) is 0 Å². The van der Waals surface area contributed by atoms with E-state index in [1.54, 1.807) is 7.11 Å². The normalized spacial score (nSPS) is 10.8. The van der Waals surface area contributed by atoms with Crippen LogP contribution in [-0.2, 0) is 9.53 Å². The summed E-state index contributed by atoms with van der Waals surface area (Å²) in [4.78, 5) is 10.5. The molecule has 19 heavy (non-hydrogen) atoms. The van der Waals surface area contributed by atoms with Crippen molar-refractivity contribution in [3.05, 3.63) is 34.3 Å². The summed E-state index contributed by atoms with van der Waals surface area (Å²) in [6.07, 6.45) is 4.44. The molecule has 4 nitrogen and oxygen atoms in total. The van der Waals surface area contributed by atoms with Crippen molar-refractivity contribution >= 4 is 28.0 Å². The molecule has 0 unspecified atom stereocenters. The Morgan fingerprint density at radius 1 is 1.37 bits per heavy atom. The van der Waals surface area contributed by atoms with Gasteiger partial charge in [-0.25, -0.2) is 4.79 Å². The van der Waals surface area contributed by atoms with E-state index in [2.05, 4.69) is 15.9 Å². The first-order valence-electron chi connectivity index (χ1n) is 5.96. The first kappa shape index (κ1) is 15.7. The Labute approximate surface area is 121 Å². The molecule has 0 fully saturated rings. The van der Waals surface area contributed by atoms with E-state index in [-0.39, 0.29) is 0 Å².